The van der Waals surface area contributed by atoms with E-state index in [-0.39, 0.29) is 23.4 Å². The highest BCUT2D eigenvalue weighted by Crippen LogP contribution is 2.47. The Kier molecular flexibility index (Phi) is 4.42. The molecule has 4 aliphatic rings. The summed E-state index contributed by atoms with van der Waals surface area (Å²) >= 11 is 0. The van der Waals surface area contributed by atoms with Gasteiger partial charge in [0.05, 0.1) is 13.2 Å². The van der Waals surface area contributed by atoms with Crippen LogP contribution in [0.4, 0.5) is 0 Å². The van der Waals surface area contributed by atoms with E-state index in [2.05, 4.69) is 22.1 Å². The van der Waals surface area contributed by atoms with Crippen LogP contribution < -0.4 is 10.3 Å². The van der Waals surface area contributed by atoms with Crippen molar-refractivity contribution in [2.24, 2.45) is 13.0 Å². The number of likely N-dealkylation sites (tertiary alicyclic amines) is 1. The summed E-state index contributed by atoms with van der Waals surface area (Å²) < 4.78 is 6.55. The summed E-state index contributed by atoms with van der Waals surface area (Å²) in [7, 11) is 3.26. The van der Waals surface area contributed by atoms with Gasteiger partial charge in [-0.1, -0.05) is 12.1 Å². The molecule has 2 aromatic rings. The van der Waals surface area contributed by atoms with Crippen molar-refractivity contribution in [3.8, 4) is 5.75 Å². The average Bonchev–Trinajstić information content (AvgIpc) is 3.19. The zero-order chi connectivity index (χ0) is 20.1. The first-order chi connectivity index (χ1) is 14.1. The van der Waals surface area contributed by atoms with Crippen LogP contribution in [0, 0.1) is 5.92 Å². The van der Waals surface area contributed by atoms with Gasteiger partial charge in [0, 0.05) is 31.6 Å². The molecule has 7 nitrogen and oxygen atoms in total. The number of benzene rings is 1. The summed E-state index contributed by atoms with van der Waals surface area (Å²) in [4.78, 5) is 29.7. The Morgan fingerprint density at radius 3 is 2.45 bits per heavy atom. The van der Waals surface area contributed by atoms with Crippen molar-refractivity contribution < 1.29 is 9.53 Å². The van der Waals surface area contributed by atoms with Gasteiger partial charge in [0.2, 0.25) is 0 Å². The van der Waals surface area contributed by atoms with Crippen molar-refractivity contribution >= 4 is 5.91 Å². The summed E-state index contributed by atoms with van der Waals surface area (Å²) in [5.74, 6) is 1.58. The number of carbonyl (C=O) groups is 1. The molecule has 0 spiro atoms. The fourth-order valence-electron chi connectivity index (χ4n) is 5.56. The molecule has 4 saturated heterocycles. The molecule has 0 unspecified atom stereocenters. The van der Waals surface area contributed by atoms with Crippen molar-refractivity contribution in [2.45, 2.75) is 30.8 Å². The third kappa shape index (κ3) is 2.95. The van der Waals surface area contributed by atoms with Crippen molar-refractivity contribution in [1.29, 1.82) is 0 Å². The molecule has 0 radical (unpaired) electrons. The molecular weight excluding hydrogens is 368 g/mol. The van der Waals surface area contributed by atoms with Crippen LogP contribution in [-0.4, -0.2) is 64.3 Å². The number of methoxy groups -OCH3 is 1. The summed E-state index contributed by atoms with van der Waals surface area (Å²) in [6.07, 6.45) is 2.28. The van der Waals surface area contributed by atoms with Crippen LogP contribution in [-0.2, 0) is 7.05 Å². The number of fused-ring (bicyclic) bond motifs is 2. The summed E-state index contributed by atoms with van der Waals surface area (Å²) in [5.41, 5.74) is 1.38. The second kappa shape index (κ2) is 6.99. The molecule has 6 rings (SSSR count). The Labute approximate surface area is 169 Å². The van der Waals surface area contributed by atoms with Crippen LogP contribution in [0.15, 0.2) is 41.2 Å². The smallest absolute Gasteiger partial charge is 0.274 e. The largest absolute Gasteiger partial charge is 0.497 e. The van der Waals surface area contributed by atoms with E-state index in [1.807, 2.05) is 17.0 Å². The number of carbonyl (C=O) groups excluding carboxylic acids is 1. The first-order valence-corrected chi connectivity index (χ1v) is 10.3. The zero-order valence-corrected chi connectivity index (χ0v) is 16.8. The van der Waals surface area contributed by atoms with Gasteiger partial charge in [0.1, 0.15) is 11.4 Å². The van der Waals surface area contributed by atoms with E-state index in [1.54, 1.807) is 20.2 Å². The van der Waals surface area contributed by atoms with E-state index in [9.17, 15) is 9.59 Å². The van der Waals surface area contributed by atoms with Gasteiger partial charge in [0.25, 0.3) is 11.5 Å². The van der Waals surface area contributed by atoms with Crippen LogP contribution in [0.1, 0.15) is 34.8 Å². The molecule has 29 heavy (non-hydrogen) atoms. The second-order valence-electron chi connectivity index (χ2n) is 8.37. The third-order valence-electron chi connectivity index (χ3n) is 6.98. The van der Waals surface area contributed by atoms with E-state index in [1.165, 1.54) is 16.3 Å². The molecule has 4 fully saturated rings. The summed E-state index contributed by atoms with van der Waals surface area (Å²) in [5, 5.41) is 4.22. The van der Waals surface area contributed by atoms with Crippen molar-refractivity contribution in [1.82, 2.24) is 19.6 Å². The number of aromatic nitrogens is 2. The van der Waals surface area contributed by atoms with Crippen LogP contribution in [0.25, 0.3) is 0 Å². The summed E-state index contributed by atoms with van der Waals surface area (Å²) in [6.45, 7) is 2.90. The second-order valence-corrected chi connectivity index (χ2v) is 8.37. The van der Waals surface area contributed by atoms with Gasteiger partial charge < -0.3 is 9.64 Å². The molecule has 0 aliphatic carbocycles. The Hall–Kier alpha value is -2.67. The third-order valence-corrected chi connectivity index (χ3v) is 6.98. The number of piperidine rings is 3. The lowest BCUT2D eigenvalue weighted by molar-refractivity contribution is -0.00365. The fourth-order valence-corrected chi connectivity index (χ4v) is 5.56. The van der Waals surface area contributed by atoms with Crippen LogP contribution >= 0.6 is 0 Å². The maximum Gasteiger partial charge on any atom is 0.274 e. The average molecular weight is 394 g/mol. The lowest BCUT2D eigenvalue weighted by Gasteiger charge is -2.51. The Bertz CT molecular complexity index is 978. The number of nitrogens with zero attached hydrogens (tertiary/aromatic N) is 4. The summed E-state index contributed by atoms with van der Waals surface area (Å²) in [6, 6.07) is 11.8. The molecule has 1 aromatic carbocycles. The minimum Gasteiger partial charge on any atom is -0.497 e. The Morgan fingerprint density at radius 2 is 1.79 bits per heavy atom. The quantitative estimate of drug-likeness (QED) is 0.789. The minimum absolute atomic E-state index is 0.0691. The Morgan fingerprint density at radius 1 is 1.07 bits per heavy atom. The van der Waals surface area contributed by atoms with Crippen molar-refractivity contribution in [3.63, 3.8) is 0 Å². The van der Waals surface area contributed by atoms with Gasteiger partial charge >= 0.3 is 0 Å². The number of aryl methyl sites for hydroxylation is 1. The van der Waals surface area contributed by atoms with Gasteiger partial charge in [0.15, 0.2) is 0 Å². The normalized spacial score (nSPS) is 30.3. The van der Waals surface area contributed by atoms with Crippen LogP contribution in [0.3, 0.4) is 0 Å². The molecule has 0 N–H and O–H groups in total. The maximum atomic E-state index is 13.4. The molecule has 1 amide bonds. The fraction of sp³-hybridized carbons (Fsp3) is 0.500. The van der Waals surface area contributed by atoms with Gasteiger partial charge in [-0.2, -0.15) is 5.10 Å². The molecule has 1 aromatic heterocycles. The zero-order valence-electron chi connectivity index (χ0n) is 16.8. The highest BCUT2D eigenvalue weighted by molar-refractivity contribution is 5.92. The first-order valence-electron chi connectivity index (χ1n) is 10.3. The standard InChI is InChI=1S/C22H26N4O3/c1-24-19(27)8-7-18(23-24)22(28)26-13-17(14-3-5-16(29-2)6-4-14)21-20(26)15-9-11-25(21)12-10-15/h3-8,15,17,20-21H,9-13H2,1-2H3/t17-,20+,21+/m1/s1. The van der Waals surface area contributed by atoms with Gasteiger partial charge in [-0.25, -0.2) is 4.68 Å². The number of ether oxygens (including phenoxy) is 1. The molecule has 3 atom stereocenters. The van der Waals surface area contributed by atoms with E-state index in [0.717, 1.165) is 31.7 Å². The highest BCUT2D eigenvalue weighted by atomic mass is 16.5. The van der Waals surface area contributed by atoms with Gasteiger partial charge in [-0.05, 0) is 55.6 Å². The number of rotatable bonds is 3. The monoisotopic (exact) mass is 394 g/mol. The Balaban J connectivity index is 1.51. The molecule has 7 heteroatoms. The van der Waals surface area contributed by atoms with Gasteiger partial charge in [-0.15, -0.1) is 0 Å². The van der Waals surface area contributed by atoms with E-state index >= 15 is 0 Å². The molecule has 0 saturated carbocycles. The molecular formula is C22H26N4O3. The predicted octanol–water partition coefficient (Wildman–Crippen LogP) is 1.49. The minimum atomic E-state index is -0.209. The maximum absolute atomic E-state index is 13.4. The van der Waals surface area contributed by atoms with Gasteiger partial charge in [-0.3, -0.25) is 14.5 Å². The van der Waals surface area contributed by atoms with E-state index in [0.29, 0.717) is 24.2 Å². The predicted molar refractivity (Wildman–Crippen MR) is 108 cm³/mol. The SMILES string of the molecule is COc1ccc([C@H]2CN(C(=O)c3ccc(=O)n(C)n3)[C@H]3C4CCN(CC4)[C@@H]23)cc1. The van der Waals surface area contributed by atoms with Crippen molar-refractivity contribution in [2.75, 3.05) is 26.7 Å². The molecule has 5 heterocycles. The lowest BCUT2D eigenvalue weighted by atomic mass is 9.75. The van der Waals surface area contributed by atoms with E-state index < -0.39 is 0 Å². The van der Waals surface area contributed by atoms with Crippen molar-refractivity contribution in [3.05, 3.63) is 58.0 Å². The number of amides is 1. The first kappa shape index (κ1) is 18.4. The highest BCUT2D eigenvalue weighted by Gasteiger charge is 2.54. The van der Waals surface area contributed by atoms with E-state index in [4.69, 9.17) is 4.74 Å². The lowest BCUT2D eigenvalue weighted by Crippen LogP contribution is -2.60. The molecule has 4 aliphatic heterocycles. The van der Waals surface area contributed by atoms with Crippen LogP contribution in [0.2, 0.25) is 0 Å². The molecule has 2 bridgehead atoms. The number of hydrogen-bond acceptors (Lipinski definition) is 5. The number of hydrogen-bond donors (Lipinski definition) is 0. The molecule has 152 valence electrons. The topological polar surface area (TPSA) is 67.7 Å². The van der Waals surface area contributed by atoms with Crippen LogP contribution in [0.5, 0.6) is 5.75 Å².